The summed E-state index contributed by atoms with van der Waals surface area (Å²) in [6.45, 7) is 6.14. The van der Waals surface area contributed by atoms with Crippen LogP contribution in [0.5, 0.6) is 0 Å². The van der Waals surface area contributed by atoms with Crippen LogP contribution in [0.4, 0.5) is 5.69 Å². The van der Waals surface area contributed by atoms with Crippen LogP contribution in [0.2, 0.25) is 0 Å². The summed E-state index contributed by atoms with van der Waals surface area (Å²) in [5, 5.41) is 12.8. The molecule has 21 heavy (non-hydrogen) atoms. The van der Waals surface area contributed by atoms with E-state index < -0.39 is 5.97 Å². The summed E-state index contributed by atoms with van der Waals surface area (Å²) in [6.07, 6.45) is 0. The number of aromatic carboxylic acids is 1. The summed E-state index contributed by atoms with van der Waals surface area (Å²) < 4.78 is 0. The van der Waals surface area contributed by atoms with E-state index in [1.54, 1.807) is 23.1 Å². The maximum absolute atomic E-state index is 11.6. The first-order valence-corrected chi connectivity index (χ1v) is 8.65. The molecule has 0 fully saturated rings. The Balaban J connectivity index is 2.30. The van der Waals surface area contributed by atoms with E-state index in [9.17, 15) is 9.90 Å². The molecule has 1 unspecified atom stereocenters. The molecule has 0 amide bonds. The Morgan fingerprint density at radius 2 is 2.14 bits per heavy atom. The molecule has 1 aromatic heterocycles. The first-order valence-electron chi connectivity index (χ1n) is 6.85. The van der Waals surface area contributed by atoms with E-state index in [0.29, 0.717) is 11.3 Å². The van der Waals surface area contributed by atoms with Crippen LogP contribution in [0.15, 0.2) is 35.2 Å². The lowest BCUT2D eigenvalue weighted by Gasteiger charge is -2.17. The van der Waals surface area contributed by atoms with Gasteiger partial charge >= 0.3 is 5.97 Å². The SMILES string of the molecule is CCSc1cccc(NC(C)c2ccc(C)s2)c1C(=O)O. The molecule has 2 rings (SSSR count). The van der Waals surface area contributed by atoms with Gasteiger partial charge in [0.15, 0.2) is 0 Å². The number of carboxylic acid groups (broad SMARTS) is 1. The average molecular weight is 321 g/mol. The van der Waals surface area contributed by atoms with Crippen molar-refractivity contribution in [3.63, 3.8) is 0 Å². The first-order chi connectivity index (χ1) is 10.0. The van der Waals surface area contributed by atoms with Crippen molar-refractivity contribution in [2.24, 2.45) is 0 Å². The number of nitrogens with one attached hydrogen (secondary N) is 1. The normalized spacial score (nSPS) is 12.1. The van der Waals surface area contributed by atoms with Gasteiger partial charge in [0.1, 0.15) is 0 Å². The third kappa shape index (κ3) is 3.80. The average Bonchev–Trinajstić information content (AvgIpc) is 2.86. The van der Waals surface area contributed by atoms with Gasteiger partial charge in [0.05, 0.1) is 17.3 Å². The predicted octanol–water partition coefficient (Wildman–Crippen LogP) is 5.04. The third-order valence-electron chi connectivity index (χ3n) is 3.10. The Bertz CT molecular complexity index is 637. The van der Waals surface area contributed by atoms with Crippen molar-refractivity contribution in [1.29, 1.82) is 0 Å². The first kappa shape index (κ1) is 15.9. The van der Waals surface area contributed by atoms with Crippen molar-refractivity contribution >= 4 is 34.8 Å². The minimum Gasteiger partial charge on any atom is -0.478 e. The van der Waals surface area contributed by atoms with Gasteiger partial charge in [-0.25, -0.2) is 4.79 Å². The zero-order valence-electron chi connectivity index (χ0n) is 12.3. The molecule has 3 nitrogen and oxygen atoms in total. The van der Waals surface area contributed by atoms with Crippen LogP contribution in [0.3, 0.4) is 0 Å². The number of benzene rings is 1. The lowest BCUT2D eigenvalue weighted by Crippen LogP contribution is -2.10. The highest BCUT2D eigenvalue weighted by Crippen LogP contribution is 2.32. The van der Waals surface area contributed by atoms with E-state index in [-0.39, 0.29) is 6.04 Å². The molecule has 0 saturated heterocycles. The molecular weight excluding hydrogens is 302 g/mol. The Kier molecular flexibility index (Phi) is 5.31. The van der Waals surface area contributed by atoms with Crippen molar-refractivity contribution in [3.05, 3.63) is 45.6 Å². The van der Waals surface area contributed by atoms with E-state index in [2.05, 4.69) is 31.3 Å². The van der Waals surface area contributed by atoms with Crippen LogP contribution in [0, 0.1) is 6.92 Å². The Morgan fingerprint density at radius 3 is 2.71 bits per heavy atom. The molecule has 0 spiro atoms. The van der Waals surface area contributed by atoms with Gasteiger partial charge in [-0.15, -0.1) is 23.1 Å². The summed E-state index contributed by atoms with van der Waals surface area (Å²) in [6, 6.07) is 9.86. The lowest BCUT2D eigenvalue weighted by molar-refractivity contribution is 0.0694. The fraction of sp³-hybridized carbons (Fsp3) is 0.312. The maximum Gasteiger partial charge on any atom is 0.338 e. The maximum atomic E-state index is 11.6. The van der Waals surface area contributed by atoms with Gasteiger partial charge in [0.25, 0.3) is 0 Å². The van der Waals surface area contributed by atoms with Gasteiger partial charge in [-0.3, -0.25) is 0 Å². The molecule has 2 N–H and O–H groups in total. The van der Waals surface area contributed by atoms with Crippen LogP contribution in [0.25, 0.3) is 0 Å². The fourth-order valence-electron chi connectivity index (χ4n) is 2.14. The van der Waals surface area contributed by atoms with Crippen LogP contribution in [0.1, 0.15) is 40.0 Å². The standard InChI is InChI=1S/C16H19NO2S2/c1-4-20-14-7-5-6-12(15(14)16(18)19)17-11(3)13-9-8-10(2)21-13/h5-9,11,17H,4H2,1-3H3,(H,18,19). The van der Waals surface area contributed by atoms with Gasteiger partial charge in [0.2, 0.25) is 0 Å². The number of thiophene rings is 1. The zero-order chi connectivity index (χ0) is 15.4. The molecule has 0 aliphatic heterocycles. The molecule has 5 heteroatoms. The van der Waals surface area contributed by atoms with E-state index in [1.807, 2.05) is 25.1 Å². The van der Waals surface area contributed by atoms with Crippen molar-refractivity contribution in [2.45, 2.75) is 31.7 Å². The summed E-state index contributed by atoms with van der Waals surface area (Å²) in [5.74, 6) is -0.0349. The largest absolute Gasteiger partial charge is 0.478 e. The van der Waals surface area contributed by atoms with Crippen molar-refractivity contribution in [2.75, 3.05) is 11.1 Å². The molecule has 0 aliphatic carbocycles. The number of thioether (sulfide) groups is 1. The Labute approximate surface area is 133 Å². The molecule has 1 aromatic carbocycles. The summed E-state index contributed by atoms with van der Waals surface area (Å²) >= 11 is 3.28. The van der Waals surface area contributed by atoms with Crippen LogP contribution in [-0.4, -0.2) is 16.8 Å². The smallest absolute Gasteiger partial charge is 0.338 e. The predicted molar refractivity (Wildman–Crippen MR) is 90.9 cm³/mol. The van der Waals surface area contributed by atoms with Gasteiger partial charge < -0.3 is 10.4 Å². The van der Waals surface area contributed by atoms with Crippen LogP contribution < -0.4 is 5.32 Å². The zero-order valence-corrected chi connectivity index (χ0v) is 14.0. The molecule has 1 atom stereocenters. The highest BCUT2D eigenvalue weighted by Gasteiger charge is 2.17. The van der Waals surface area contributed by atoms with Gasteiger partial charge in [-0.2, -0.15) is 0 Å². The number of hydrogen-bond donors (Lipinski definition) is 2. The Hall–Kier alpha value is -1.46. The Morgan fingerprint density at radius 1 is 1.38 bits per heavy atom. The second kappa shape index (κ2) is 7.00. The lowest BCUT2D eigenvalue weighted by atomic mass is 10.1. The summed E-state index contributed by atoms with van der Waals surface area (Å²) in [7, 11) is 0. The third-order valence-corrected chi connectivity index (χ3v) is 5.22. The van der Waals surface area contributed by atoms with Gasteiger partial charge in [-0.05, 0) is 43.9 Å². The number of anilines is 1. The molecule has 0 bridgehead atoms. The minimum atomic E-state index is -0.886. The van der Waals surface area contributed by atoms with Crippen molar-refractivity contribution < 1.29 is 9.90 Å². The highest BCUT2D eigenvalue weighted by atomic mass is 32.2. The molecular formula is C16H19NO2S2. The fourth-order valence-corrected chi connectivity index (χ4v) is 3.85. The van der Waals surface area contributed by atoms with Crippen molar-refractivity contribution in [3.8, 4) is 0 Å². The summed E-state index contributed by atoms with van der Waals surface area (Å²) in [4.78, 5) is 14.9. The van der Waals surface area contributed by atoms with Crippen LogP contribution >= 0.6 is 23.1 Å². The van der Waals surface area contributed by atoms with Crippen LogP contribution in [-0.2, 0) is 0 Å². The molecule has 1 heterocycles. The number of hydrogen-bond acceptors (Lipinski definition) is 4. The van der Waals surface area contributed by atoms with E-state index in [4.69, 9.17) is 0 Å². The second-order valence-electron chi connectivity index (χ2n) is 4.73. The van der Waals surface area contributed by atoms with Gasteiger partial charge in [0, 0.05) is 14.6 Å². The van der Waals surface area contributed by atoms with E-state index >= 15 is 0 Å². The van der Waals surface area contributed by atoms with E-state index in [1.165, 1.54) is 9.75 Å². The number of carbonyl (C=O) groups is 1. The number of rotatable bonds is 6. The summed E-state index contributed by atoms with van der Waals surface area (Å²) in [5.41, 5.74) is 1.05. The van der Waals surface area contributed by atoms with Crippen molar-refractivity contribution in [1.82, 2.24) is 0 Å². The molecule has 0 radical (unpaired) electrons. The number of carboxylic acids is 1. The quantitative estimate of drug-likeness (QED) is 0.732. The topological polar surface area (TPSA) is 49.3 Å². The number of aryl methyl sites for hydroxylation is 1. The molecule has 0 aliphatic rings. The minimum absolute atomic E-state index is 0.0867. The van der Waals surface area contributed by atoms with Gasteiger partial charge in [-0.1, -0.05) is 13.0 Å². The molecule has 112 valence electrons. The highest BCUT2D eigenvalue weighted by molar-refractivity contribution is 7.99. The monoisotopic (exact) mass is 321 g/mol. The van der Waals surface area contributed by atoms with E-state index in [0.717, 1.165) is 10.6 Å². The second-order valence-corrected chi connectivity index (χ2v) is 7.36. The molecule has 2 aromatic rings. The molecule has 0 saturated carbocycles.